The van der Waals surface area contributed by atoms with Gasteiger partial charge in [-0.05, 0) is 42.3 Å². The maximum atomic E-state index is 12.7. The molecule has 2 aromatic rings. The molecule has 7 heteroatoms. The fourth-order valence-electron chi connectivity index (χ4n) is 2.28. The number of carbonyl (C=O) groups excluding carboxylic acids is 1. The Bertz CT molecular complexity index is 829. The van der Waals surface area contributed by atoms with Crippen LogP contribution in [-0.2, 0) is 11.0 Å². The maximum absolute atomic E-state index is 12.7. The number of ether oxygens (including phenoxy) is 2. The highest BCUT2D eigenvalue weighted by atomic mass is 19.4. The molecule has 138 valence electrons. The number of aryl methyl sites for hydroxylation is 1. The Morgan fingerprint density at radius 1 is 1.08 bits per heavy atom. The van der Waals surface area contributed by atoms with Gasteiger partial charge in [0.15, 0.2) is 11.5 Å². The van der Waals surface area contributed by atoms with Crippen molar-refractivity contribution in [1.82, 2.24) is 0 Å². The monoisotopic (exact) mass is 365 g/mol. The van der Waals surface area contributed by atoms with Crippen molar-refractivity contribution in [2.24, 2.45) is 0 Å². The molecule has 26 heavy (non-hydrogen) atoms. The molecule has 1 amide bonds. The highest BCUT2D eigenvalue weighted by Gasteiger charge is 2.30. The molecule has 0 aliphatic heterocycles. The van der Waals surface area contributed by atoms with E-state index in [4.69, 9.17) is 9.47 Å². The Labute approximate surface area is 149 Å². The molecular formula is C19H18F3NO3. The Morgan fingerprint density at radius 2 is 1.73 bits per heavy atom. The summed E-state index contributed by atoms with van der Waals surface area (Å²) >= 11 is 0. The van der Waals surface area contributed by atoms with Crippen molar-refractivity contribution < 1.29 is 27.4 Å². The van der Waals surface area contributed by atoms with Gasteiger partial charge in [-0.1, -0.05) is 12.1 Å². The second kappa shape index (κ2) is 7.95. The lowest BCUT2D eigenvalue weighted by Crippen LogP contribution is -2.09. The molecule has 0 saturated heterocycles. The quantitative estimate of drug-likeness (QED) is 0.783. The molecule has 2 rings (SSSR count). The van der Waals surface area contributed by atoms with E-state index in [9.17, 15) is 18.0 Å². The smallest absolute Gasteiger partial charge is 0.416 e. The minimum atomic E-state index is -4.43. The number of hydrogen-bond acceptors (Lipinski definition) is 3. The molecule has 4 nitrogen and oxygen atoms in total. The molecule has 0 aromatic heterocycles. The number of amides is 1. The molecule has 0 saturated carbocycles. The van der Waals surface area contributed by atoms with Crippen molar-refractivity contribution in [3.05, 3.63) is 59.2 Å². The first-order valence-corrected chi connectivity index (χ1v) is 7.63. The first kappa shape index (κ1) is 19.4. The normalized spacial score (nSPS) is 11.5. The molecule has 0 heterocycles. The second-order valence-electron chi connectivity index (χ2n) is 5.47. The van der Waals surface area contributed by atoms with E-state index in [1.54, 1.807) is 19.1 Å². The zero-order chi connectivity index (χ0) is 19.3. The van der Waals surface area contributed by atoms with Gasteiger partial charge in [0.1, 0.15) is 0 Å². The van der Waals surface area contributed by atoms with Gasteiger partial charge in [-0.15, -0.1) is 0 Å². The number of alkyl halides is 3. The average Bonchev–Trinajstić information content (AvgIpc) is 2.60. The minimum absolute atomic E-state index is 0.277. The van der Waals surface area contributed by atoms with Crippen molar-refractivity contribution in [2.75, 3.05) is 19.5 Å². The van der Waals surface area contributed by atoms with E-state index >= 15 is 0 Å². The Hall–Kier alpha value is -2.96. The lowest BCUT2D eigenvalue weighted by atomic mass is 10.1. The van der Waals surface area contributed by atoms with Crippen LogP contribution in [0.3, 0.4) is 0 Å². The van der Waals surface area contributed by atoms with Gasteiger partial charge in [0.25, 0.3) is 0 Å². The van der Waals surface area contributed by atoms with Gasteiger partial charge in [-0.25, -0.2) is 0 Å². The predicted octanol–water partition coefficient (Wildman–Crippen LogP) is 4.68. The Balaban J connectivity index is 2.15. The molecule has 0 spiro atoms. The predicted molar refractivity (Wildman–Crippen MR) is 93.4 cm³/mol. The summed E-state index contributed by atoms with van der Waals surface area (Å²) in [6.07, 6.45) is -1.94. The van der Waals surface area contributed by atoms with E-state index in [1.165, 1.54) is 38.5 Å². The van der Waals surface area contributed by atoms with Gasteiger partial charge in [-0.2, -0.15) is 13.2 Å². The van der Waals surface area contributed by atoms with Gasteiger partial charge < -0.3 is 14.8 Å². The lowest BCUT2D eigenvalue weighted by Gasteiger charge is -2.12. The van der Waals surface area contributed by atoms with Crippen LogP contribution in [0.15, 0.2) is 42.5 Å². The average molecular weight is 365 g/mol. The molecule has 0 unspecified atom stereocenters. The van der Waals surface area contributed by atoms with Gasteiger partial charge in [-0.3, -0.25) is 4.79 Å². The van der Waals surface area contributed by atoms with Crippen molar-refractivity contribution >= 4 is 17.7 Å². The van der Waals surface area contributed by atoms with Crippen LogP contribution in [0.25, 0.3) is 6.08 Å². The summed E-state index contributed by atoms with van der Waals surface area (Å²) < 4.78 is 48.5. The van der Waals surface area contributed by atoms with Crippen molar-refractivity contribution in [1.29, 1.82) is 0 Å². The molecule has 0 bridgehead atoms. The molecule has 0 aliphatic rings. The van der Waals surface area contributed by atoms with Crippen LogP contribution in [-0.4, -0.2) is 20.1 Å². The maximum Gasteiger partial charge on any atom is 0.416 e. The lowest BCUT2D eigenvalue weighted by molar-refractivity contribution is -0.137. The van der Waals surface area contributed by atoms with Crippen LogP contribution in [0.2, 0.25) is 0 Å². The molecular weight excluding hydrogens is 347 g/mol. The zero-order valence-electron chi connectivity index (χ0n) is 14.5. The Kier molecular flexibility index (Phi) is 5.92. The Morgan fingerprint density at radius 3 is 2.35 bits per heavy atom. The van der Waals surface area contributed by atoms with E-state index in [0.29, 0.717) is 17.2 Å². The van der Waals surface area contributed by atoms with Gasteiger partial charge in [0.2, 0.25) is 5.91 Å². The summed E-state index contributed by atoms with van der Waals surface area (Å²) in [6, 6.07) is 8.06. The van der Waals surface area contributed by atoms with Crippen LogP contribution in [0, 0.1) is 6.92 Å². The molecule has 2 aromatic carbocycles. The summed E-state index contributed by atoms with van der Waals surface area (Å²) in [5.74, 6) is 0.510. The van der Waals surface area contributed by atoms with Crippen LogP contribution in [0.1, 0.15) is 16.7 Å². The van der Waals surface area contributed by atoms with E-state index < -0.39 is 17.6 Å². The van der Waals surface area contributed by atoms with Crippen molar-refractivity contribution in [3.63, 3.8) is 0 Å². The summed E-state index contributed by atoms with van der Waals surface area (Å²) in [5, 5.41) is 2.67. The van der Waals surface area contributed by atoms with Crippen LogP contribution < -0.4 is 14.8 Å². The molecule has 0 fully saturated rings. The molecule has 0 aliphatic carbocycles. The summed E-state index contributed by atoms with van der Waals surface area (Å²) in [4.78, 5) is 12.1. The standard InChI is InChI=1S/C19H18F3NO3/c1-12-9-16(25-2)17(26-3)11-15(12)23-18(24)8-7-13-5-4-6-14(10-13)19(20,21)22/h4-11H,1-3H3,(H,23,24). The number of benzene rings is 2. The highest BCUT2D eigenvalue weighted by molar-refractivity contribution is 6.02. The third-order valence-electron chi connectivity index (χ3n) is 3.63. The third-order valence-corrected chi connectivity index (χ3v) is 3.63. The highest BCUT2D eigenvalue weighted by Crippen LogP contribution is 2.33. The zero-order valence-corrected chi connectivity index (χ0v) is 14.5. The molecule has 0 radical (unpaired) electrons. The molecule has 0 atom stereocenters. The largest absolute Gasteiger partial charge is 0.493 e. The summed E-state index contributed by atoms with van der Waals surface area (Å²) in [5.41, 5.74) is 0.777. The van der Waals surface area contributed by atoms with E-state index in [1.807, 2.05) is 0 Å². The topological polar surface area (TPSA) is 47.6 Å². The number of rotatable bonds is 5. The number of methoxy groups -OCH3 is 2. The number of carbonyl (C=O) groups is 1. The fraction of sp³-hybridized carbons (Fsp3) is 0.211. The first-order chi connectivity index (χ1) is 12.2. The third kappa shape index (κ3) is 4.78. The van der Waals surface area contributed by atoms with Gasteiger partial charge in [0.05, 0.1) is 19.8 Å². The number of nitrogens with one attached hydrogen (secondary N) is 1. The van der Waals surface area contributed by atoms with E-state index in [2.05, 4.69) is 5.32 Å². The van der Waals surface area contributed by atoms with Gasteiger partial charge >= 0.3 is 6.18 Å². The first-order valence-electron chi connectivity index (χ1n) is 7.63. The van der Waals surface area contributed by atoms with E-state index in [-0.39, 0.29) is 5.56 Å². The molecule has 1 N–H and O–H groups in total. The number of hydrogen-bond donors (Lipinski definition) is 1. The summed E-state index contributed by atoms with van der Waals surface area (Å²) in [6.45, 7) is 1.79. The van der Waals surface area contributed by atoms with E-state index in [0.717, 1.165) is 17.7 Å². The SMILES string of the molecule is COc1cc(C)c(NC(=O)C=Cc2cccc(C(F)(F)F)c2)cc1OC. The van der Waals surface area contributed by atoms with Gasteiger partial charge in [0, 0.05) is 17.8 Å². The van der Waals surface area contributed by atoms with Crippen LogP contribution in [0.4, 0.5) is 18.9 Å². The summed E-state index contributed by atoms with van der Waals surface area (Å²) in [7, 11) is 2.99. The van der Waals surface area contributed by atoms with Crippen LogP contribution in [0.5, 0.6) is 11.5 Å². The fourth-order valence-corrected chi connectivity index (χ4v) is 2.28. The second-order valence-corrected chi connectivity index (χ2v) is 5.47. The minimum Gasteiger partial charge on any atom is -0.493 e. The van der Waals surface area contributed by atoms with Crippen molar-refractivity contribution in [3.8, 4) is 11.5 Å². The number of anilines is 1. The van der Waals surface area contributed by atoms with Crippen LogP contribution >= 0.6 is 0 Å². The van der Waals surface area contributed by atoms with Crippen molar-refractivity contribution in [2.45, 2.75) is 13.1 Å². The number of halogens is 3.